The fourth-order valence-corrected chi connectivity index (χ4v) is 4.15. The van der Waals surface area contributed by atoms with E-state index in [1.165, 1.54) is 23.1 Å². The van der Waals surface area contributed by atoms with E-state index >= 15 is 0 Å². The summed E-state index contributed by atoms with van der Waals surface area (Å²) in [5, 5.41) is 3.25. The molecule has 4 aromatic heterocycles. The average molecular weight is 363 g/mol. The van der Waals surface area contributed by atoms with E-state index in [2.05, 4.69) is 9.97 Å². The summed E-state index contributed by atoms with van der Waals surface area (Å²) in [6.07, 6.45) is 3.76. The predicted octanol–water partition coefficient (Wildman–Crippen LogP) is 3.59. The molecule has 0 aliphatic rings. The molecule has 5 nitrogen and oxygen atoms in total. The van der Waals surface area contributed by atoms with Crippen LogP contribution in [0, 0.1) is 0 Å². The monoisotopic (exact) mass is 362 g/mol. The Hall–Kier alpha value is -1.83. The van der Waals surface area contributed by atoms with E-state index in [1.54, 1.807) is 11.6 Å². The Labute approximate surface area is 144 Å². The minimum atomic E-state index is -0.00529. The Bertz CT molecular complexity index is 1080. The fraction of sp³-hybridized carbons (Fsp3) is 0.133. The van der Waals surface area contributed by atoms with Gasteiger partial charge in [-0.1, -0.05) is 23.4 Å². The van der Waals surface area contributed by atoms with Crippen LogP contribution < -0.4 is 5.56 Å². The van der Waals surface area contributed by atoms with Crippen molar-refractivity contribution in [1.82, 2.24) is 18.9 Å². The van der Waals surface area contributed by atoms with Crippen molar-refractivity contribution in [2.75, 3.05) is 0 Å². The Kier molecular flexibility index (Phi) is 3.63. The summed E-state index contributed by atoms with van der Waals surface area (Å²) in [4.78, 5) is 21.4. The number of rotatable bonds is 3. The summed E-state index contributed by atoms with van der Waals surface area (Å²) in [7, 11) is 1.75. The van der Waals surface area contributed by atoms with E-state index in [4.69, 9.17) is 11.6 Å². The highest BCUT2D eigenvalue weighted by Crippen LogP contribution is 2.23. The van der Waals surface area contributed by atoms with E-state index in [9.17, 15) is 4.79 Å². The number of hydrogen-bond donors (Lipinski definition) is 0. The number of hydrogen-bond acceptors (Lipinski definition) is 5. The molecule has 0 aliphatic heterocycles. The molecule has 4 aromatic rings. The highest BCUT2D eigenvalue weighted by atomic mass is 35.5. The van der Waals surface area contributed by atoms with Crippen LogP contribution in [0.25, 0.3) is 15.9 Å². The molecule has 0 aromatic carbocycles. The molecule has 0 fully saturated rings. The first-order chi connectivity index (χ1) is 11.1. The molecule has 4 heterocycles. The van der Waals surface area contributed by atoms with Gasteiger partial charge in [-0.05, 0) is 23.6 Å². The third-order valence-corrected chi connectivity index (χ3v) is 5.64. The third-order valence-electron chi connectivity index (χ3n) is 3.46. The highest BCUT2D eigenvalue weighted by molar-refractivity contribution is 7.98. The van der Waals surface area contributed by atoms with Gasteiger partial charge in [-0.3, -0.25) is 9.36 Å². The molecule has 0 unspecified atom stereocenters. The zero-order valence-electron chi connectivity index (χ0n) is 12.1. The van der Waals surface area contributed by atoms with Gasteiger partial charge in [0.15, 0.2) is 5.16 Å². The van der Waals surface area contributed by atoms with E-state index < -0.39 is 0 Å². The molecule has 0 radical (unpaired) electrons. The number of thiophene rings is 1. The van der Waals surface area contributed by atoms with Gasteiger partial charge in [-0.2, -0.15) is 0 Å². The van der Waals surface area contributed by atoms with Crippen LogP contribution in [0.2, 0.25) is 5.02 Å². The number of nitrogens with zero attached hydrogens (tertiary/aromatic N) is 4. The number of halogens is 1. The van der Waals surface area contributed by atoms with Crippen molar-refractivity contribution in [2.24, 2.45) is 7.05 Å². The maximum Gasteiger partial charge on any atom is 0.271 e. The Morgan fingerprint density at radius 1 is 1.26 bits per heavy atom. The predicted molar refractivity (Wildman–Crippen MR) is 94.6 cm³/mol. The standard InChI is InChI=1S/C15H11ClN4OS2/c1-19-14(21)13-11(4-5-22-13)18-15(19)23-8-10-7-20-6-9(16)2-3-12(20)17-10/h2-7H,8H2,1H3. The molecule has 4 rings (SSSR count). The molecule has 0 saturated heterocycles. The number of aromatic nitrogens is 4. The van der Waals surface area contributed by atoms with Gasteiger partial charge in [0, 0.05) is 25.2 Å². The molecule has 0 atom stereocenters. The molecule has 116 valence electrons. The minimum absolute atomic E-state index is 0.00529. The smallest absolute Gasteiger partial charge is 0.271 e. The first kappa shape index (κ1) is 14.7. The molecule has 0 spiro atoms. The minimum Gasteiger partial charge on any atom is -0.305 e. The maximum atomic E-state index is 12.3. The van der Waals surface area contributed by atoms with Gasteiger partial charge in [0.25, 0.3) is 5.56 Å². The lowest BCUT2D eigenvalue weighted by Crippen LogP contribution is -2.18. The highest BCUT2D eigenvalue weighted by Gasteiger charge is 2.11. The topological polar surface area (TPSA) is 52.2 Å². The second-order valence-corrected chi connectivity index (χ2v) is 7.32. The summed E-state index contributed by atoms with van der Waals surface area (Å²) in [5.41, 5.74) is 2.51. The van der Waals surface area contributed by atoms with Crippen LogP contribution in [0.3, 0.4) is 0 Å². The van der Waals surface area contributed by atoms with Crippen LogP contribution in [-0.2, 0) is 12.8 Å². The first-order valence-corrected chi connectivity index (χ1v) is 9.06. The second-order valence-electron chi connectivity index (χ2n) is 5.03. The lowest BCUT2D eigenvalue weighted by atomic mass is 10.5. The van der Waals surface area contributed by atoms with Gasteiger partial charge >= 0.3 is 0 Å². The summed E-state index contributed by atoms with van der Waals surface area (Å²) in [6.45, 7) is 0. The van der Waals surface area contributed by atoms with Crippen molar-refractivity contribution < 1.29 is 0 Å². The van der Waals surface area contributed by atoms with Crippen molar-refractivity contribution in [1.29, 1.82) is 0 Å². The van der Waals surface area contributed by atoms with Crippen molar-refractivity contribution in [3.8, 4) is 0 Å². The number of imidazole rings is 1. The number of fused-ring (bicyclic) bond motifs is 2. The summed E-state index contributed by atoms with van der Waals surface area (Å²) in [5.74, 6) is 0.634. The van der Waals surface area contributed by atoms with Crippen molar-refractivity contribution in [2.45, 2.75) is 10.9 Å². The van der Waals surface area contributed by atoms with Gasteiger partial charge in [0.2, 0.25) is 0 Å². The van der Waals surface area contributed by atoms with E-state index in [0.717, 1.165) is 16.9 Å². The molecule has 0 bridgehead atoms. The summed E-state index contributed by atoms with van der Waals surface area (Å²) < 4.78 is 4.18. The van der Waals surface area contributed by atoms with Crippen LogP contribution in [0.5, 0.6) is 0 Å². The Morgan fingerprint density at radius 3 is 3.00 bits per heavy atom. The van der Waals surface area contributed by atoms with Crippen LogP contribution in [0.1, 0.15) is 5.69 Å². The molecule has 23 heavy (non-hydrogen) atoms. The van der Waals surface area contributed by atoms with Crippen LogP contribution in [0.15, 0.2) is 45.9 Å². The van der Waals surface area contributed by atoms with E-state index in [-0.39, 0.29) is 5.56 Å². The van der Waals surface area contributed by atoms with Crippen LogP contribution in [0.4, 0.5) is 0 Å². The number of thioether (sulfide) groups is 1. The van der Waals surface area contributed by atoms with Crippen molar-refractivity contribution >= 4 is 50.6 Å². The first-order valence-electron chi connectivity index (χ1n) is 6.82. The maximum absolute atomic E-state index is 12.3. The largest absolute Gasteiger partial charge is 0.305 e. The van der Waals surface area contributed by atoms with E-state index in [1.807, 2.05) is 40.4 Å². The zero-order valence-corrected chi connectivity index (χ0v) is 14.5. The van der Waals surface area contributed by atoms with Gasteiger partial charge in [-0.15, -0.1) is 11.3 Å². The lowest BCUT2D eigenvalue weighted by Gasteiger charge is -2.05. The lowest BCUT2D eigenvalue weighted by molar-refractivity contribution is 0.727. The second kappa shape index (κ2) is 5.67. The van der Waals surface area contributed by atoms with Gasteiger partial charge in [0.1, 0.15) is 10.3 Å². The molecular formula is C15H11ClN4OS2. The SMILES string of the molecule is Cn1c(SCc2cn3cc(Cl)ccc3n2)nc2ccsc2c1=O. The summed E-state index contributed by atoms with van der Waals surface area (Å²) >= 11 is 8.90. The van der Waals surface area contributed by atoms with Gasteiger partial charge in [0.05, 0.1) is 16.2 Å². The van der Waals surface area contributed by atoms with Crippen LogP contribution >= 0.6 is 34.7 Å². The normalized spacial score (nSPS) is 11.6. The Balaban J connectivity index is 1.65. The molecule has 0 N–H and O–H groups in total. The number of pyridine rings is 1. The Morgan fingerprint density at radius 2 is 2.13 bits per heavy atom. The molecule has 0 amide bonds. The molecule has 8 heteroatoms. The van der Waals surface area contributed by atoms with Gasteiger partial charge in [-0.25, -0.2) is 9.97 Å². The molecular weight excluding hydrogens is 352 g/mol. The quantitative estimate of drug-likeness (QED) is 0.413. The van der Waals surface area contributed by atoms with Crippen molar-refractivity contribution in [3.63, 3.8) is 0 Å². The fourth-order valence-electron chi connectivity index (χ4n) is 2.32. The molecule has 0 aliphatic carbocycles. The van der Waals surface area contributed by atoms with Gasteiger partial charge < -0.3 is 4.40 Å². The zero-order chi connectivity index (χ0) is 16.0. The van der Waals surface area contributed by atoms with Crippen molar-refractivity contribution in [3.05, 3.63) is 57.0 Å². The average Bonchev–Trinajstić information content (AvgIpc) is 3.15. The third kappa shape index (κ3) is 2.65. The summed E-state index contributed by atoms with van der Waals surface area (Å²) in [6, 6.07) is 5.57. The van der Waals surface area contributed by atoms with Crippen LogP contribution in [-0.4, -0.2) is 18.9 Å². The van der Waals surface area contributed by atoms with E-state index in [0.29, 0.717) is 20.6 Å². The molecule has 0 saturated carbocycles.